The van der Waals surface area contributed by atoms with E-state index in [0.29, 0.717) is 0 Å². The van der Waals surface area contributed by atoms with Gasteiger partial charge in [-0.1, -0.05) is 58.4 Å². The van der Waals surface area contributed by atoms with Crippen molar-refractivity contribution in [3.63, 3.8) is 0 Å². The highest BCUT2D eigenvalue weighted by Gasteiger charge is 2.04. The van der Waals surface area contributed by atoms with Crippen LogP contribution in [0.1, 0.15) is 0 Å². The van der Waals surface area contributed by atoms with Crippen LogP contribution in [0.25, 0.3) is 22.5 Å². The van der Waals surface area contributed by atoms with Crippen molar-refractivity contribution in [2.45, 2.75) is 0 Å². The molecule has 0 radical (unpaired) electrons. The summed E-state index contributed by atoms with van der Waals surface area (Å²) >= 11 is 3.57. The number of nitrogens with zero attached hydrogens (tertiary/aromatic N) is 2. The lowest BCUT2D eigenvalue weighted by Gasteiger charge is -2.05. The first-order valence-corrected chi connectivity index (χ1v) is 6.76. The van der Waals surface area contributed by atoms with E-state index in [0.717, 1.165) is 15.9 Å². The third-order valence-corrected chi connectivity index (χ3v) is 3.59. The zero-order valence-electron chi connectivity index (χ0n) is 10.1. The molecule has 3 heteroatoms. The monoisotopic (exact) mass is 310 g/mol. The Morgan fingerprint density at radius 3 is 2.00 bits per heavy atom. The number of aromatic nitrogens is 2. The Balaban J connectivity index is 1.98. The summed E-state index contributed by atoms with van der Waals surface area (Å²) in [5, 5.41) is 0. The average molecular weight is 311 g/mol. The summed E-state index contributed by atoms with van der Waals surface area (Å²) in [6.45, 7) is 0. The fourth-order valence-electron chi connectivity index (χ4n) is 1.94. The highest BCUT2D eigenvalue weighted by molar-refractivity contribution is 9.10. The number of halogens is 1. The van der Waals surface area contributed by atoms with Gasteiger partial charge in [0.05, 0.1) is 0 Å². The highest BCUT2D eigenvalue weighted by Crippen LogP contribution is 2.29. The Labute approximate surface area is 120 Å². The highest BCUT2D eigenvalue weighted by atomic mass is 79.9. The van der Waals surface area contributed by atoms with Crippen molar-refractivity contribution in [2.75, 3.05) is 0 Å². The van der Waals surface area contributed by atoms with Crippen LogP contribution in [0.5, 0.6) is 0 Å². The second-order valence-corrected chi connectivity index (χ2v) is 4.98. The minimum absolute atomic E-state index is 0.751. The Morgan fingerprint density at radius 1 is 0.684 bits per heavy atom. The number of hydrogen-bond donors (Lipinski definition) is 0. The van der Waals surface area contributed by atoms with Crippen LogP contribution in [0, 0.1) is 0 Å². The van der Waals surface area contributed by atoms with E-state index in [9.17, 15) is 0 Å². The molecule has 1 heterocycles. The van der Waals surface area contributed by atoms with Crippen LogP contribution in [-0.2, 0) is 0 Å². The average Bonchev–Trinajstić information content (AvgIpc) is 2.49. The first kappa shape index (κ1) is 12.1. The van der Waals surface area contributed by atoms with Gasteiger partial charge in [-0.25, -0.2) is 9.97 Å². The molecule has 0 aliphatic heterocycles. The molecule has 1 aromatic heterocycles. The van der Waals surface area contributed by atoms with Gasteiger partial charge in [0.2, 0.25) is 0 Å². The van der Waals surface area contributed by atoms with E-state index >= 15 is 0 Å². The quantitative estimate of drug-likeness (QED) is 0.692. The van der Waals surface area contributed by atoms with Crippen molar-refractivity contribution in [1.29, 1.82) is 0 Å². The van der Waals surface area contributed by atoms with Gasteiger partial charge in [0.15, 0.2) is 5.82 Å². The lowest BCUT2D eigenvalue weighted by atomic mass is 10.0. The van der Waals surface area contributed by atoms with Crippen molar-refractivity contribution in [3.05, 3.63) is 71.5 Å². The number of rotatable bonds is 2. The molecule has 0 saturated heterocycles. The summed E-state index contributed by atoms with van der Waals surface area (Å²) in [6.07, 6.45) is 3.51. The van der Waals surface area contributed by atoms with E-state index in [1.165, 1.54) is 11.1 Å². The van der Waals surface area contributed by atoms with Gasteiger partial charge in [-0.2, -0.15) is 0 Å². The fourth-order valence-corrected chi connectivity index (χ4v) is 2.46. The molecule has 3 rings (SSSR count). The van der Waals surface area contributed by atoms with Crippen molar-refractivity contribution in [2.24, 2.45) is 0 Å². The van der Waals surface area contributed by atoms with E-state index in [-0.39, 0.29) is 0 Å². The van der Waals surface area contributed by atoms with Crippen LogP contribution in [0.15, 0.2) is 71.5 Å². The van der Waals surface area contributed by atoms with Gasteiger partial charge in [-0.3, -0.25) is 0 Å². The number of hydrogen-bond acceptors (Lipinski definition) is 2. The second kappa shape index (κ2) is 5.33. The SMILES string of the molecule is Brc1ccccc1-c1ccc(-c2ncccn2)cc1. The summed E-state index contributed by atoms with van der Waals surface area (Å²) in [7, 11) is 0. The van der Waals surface area contributed by atoms with Gasteiger partial charge in [0.1, 0.15) is 0 Å². The molecule has 0 N–H and O–H groups in total. The Hall–Kier alpha value is -2.00. The molecule has 0 aliphatic carbocycles. The molecule has 0 fully saturated rings. The predicted molar refractivity (Wildman–Crippen MR) is 80.6 cm³/mol. The van der Waals surface area contributed by atoms with Gasteiger partial charge in [-0.15, -0.1) is 0 Å². The Kier molecular flexibility index (Phi) is 3.38. The summed E-state index contributed by atoms with van der Waals surface area (Å²) < 4.78 is 1.10. The third-order valence-electron chi connectivity index (χ3n) is 2.89. The zero-order chi connectivity index (χ0) is 13.1. The Morgan fingerprint density at radius 2 is 1.32 bits per heavy atom. The molecule has 0 atom stereocenters. The molecule has 0 spiro atoms. The van der Waals surface area contributed by atoms with Crippen molar-refractivity contribution < 1.29 is 0 Å². The van der Waals surface area contributed by atoms with Crippen LogP contribution in [0.2, 0.25) is 0 Å². The van der Waals surface area contributed by atoms with Crippen molar-refractivity contribution in [3.8, 4) is 22.5 Å². The maximum Gasteiger partial charge on any atom is 0.159 e. The minimum Gasteiger partial charge on any atom is -0.237 e. The summed E-state index contributed by atoms with van der Waals surface area (Å²) in [5.74, 6) is 0.751. The molecule has 0 amide bonds. The van der Waals surface area contributed by atoms with Crippen LogP contribution in [0.3, 0.4) is 0 Å². The maximum absolute atomic E-state index is 4.25. The van der Waals surface area contributed by atoms with E-state index in [4.69, 9.17) is 0 Å². The molecule has 3 aromatic rings. The number of benzene rings is 2. The Bertz CT molecular complexity index is 679. The smallest absolute Gasteiger partial charge is 0.159 e. The first-order valence-electron chi connectivity index (χ1n) is 5.97. The lowest BCUT2D eigenvalue weighted by Crippen LogP contribution is -1.87. The van der Waals surface area contributed by atoms with E-state index in [2.05, 4.69) is 44.1 Å². The zero-order valence-corrected chi connectivity index (χ0v) is 11.7. The van der Waals surface area contributed by atoms with Gasteiger partial charge < -0.3 is 0 Å². The molecule has 0 unspecified atom stereocenters. The maximum atomic E-state index is 4.25. The third kappa shape index (κ3) is 2.56. The second-order valence-electron chi connectivity index (χ2n) is 4.13. The summed E-state index contributed by atoms with van der Waals surface area (Å²) in [5.41, 5.74) is 3.38. The van der Waals surface area contributed by atoms with Gasteiger partial charge >= 0.3 is 0 Å². The molecule has 0 bridgehead atoms. The van der Waals surface area contributed by atoms with E-state index in [1.54, 1.807) is 12.4 Å². The van der Waals surface area contributed by atoms with Crippen LogP contribution in [0.4, 0.5) is 0 Å². The standard InChI is InChI=1S/C16H11BrN2/c17-15-5-2-1-4-14(15)12-6-8-13(9-7-12)16-18-10-3-11-19-16/h1-11H. The van der Waals surface area contributed by atoms with Crippen molar-refractivity contribution in [1.82, 2.24) is 9.97 Å². The normalized spacial score (nSPS) is 10.4. The van der Waals surface area contributed by atoms with E-state index in [1.807, 2.05) is 36.4 Å². The van der Waals surface area contributed by atoms with Crippen LogP contribution >= 0.6 is 15.9 Å². The van der Waals surface area contributed by atoms with Crippen LogP contribution < -0.4 is 0 Å². The predicted octanol–water partition coefficient (Wildman–Crippen LogP) is 4.57. The summed E-state index contributed by atoms with van der Waals surface area (Å²) in [4.78, 5) is 8.50. The topological polar surface area (TPSA) is 25.8 Å². The van der Waals surface area contributed by atoms with Crippen molar-refractivity contribution >= 4 is 15.9 Å². The molecular formula is C16H11BrN2. The van der Waals surface area contributed by atoms with Gasteiger partial charge in [0.25, 0.3) is 0 Å². The molecule has 0 saturated carbocycles. The summed E-state index contributed by atoms with van der Waals surface area (Å²) in [6, 6.07) is 18.3. The van der Waals surface area contributed by atoms with Gasteiger partial charge in [-0.05, 0) is 23.3 Å². The van der Waals surface area contributed by atoms with Gasteiger partial charge in [0, 0.05) is 22.4 Å². The molecule has 2 nitrogen and oxygen atoms in total. The first-order chi connectivity index (χ1) is 9.34. The largest absolute Gasteiger partial charge is 0.237 e. The molecular weight excluding hydrogens is 300 g/mol. The van der Waals surface area contributed by atoms with Crippen LogP contribution in [-0.4, -0.2) is 9.97 Å². The van der Waals surface area contributed by atoms with E-state index < -0.39 is 0 Å². The minimum atomic E-state index is 0.751. The molecule has 19 heavy (non-hydrogen) atoms. The molecule has 2 aromatic carbocycles. The fraction of sp³-hybridized carbons (Fsp3) is 0. The molecule has 92 valence electrons. The lowest BCUT2D eigenvalue weighted by molar-refractivity contribution is 1.18. The molecule has 0 aliphatic rings.